The van der Waals surface area contributed by atoms with Crippen molar-refractivity contribution in [3.8, 4) is 0 Å². The SMILES string of the molecule is O=C(OC[N+](=O)[O-])c1c[n+](Cc2ccccc2)ccn1. The highest BCUT2D eigenvalue weighted by molar-refractivity contribution is 5.86. The maximum atomic E-state index is 11.6. The quantitative estimate of drug-likeness (QED) is 0.265. The molecule has 0 N–H and O–H groups in total. The highest BCUT2D eigenvalue weighted by Gasteiger charge is 2.16. The topological polar surface area (TPSA) is 86.2 Å². The molecule has 0 saturated carbocycles. The minimum Gasteiger partial charge on any atom is -0.395 e. The molecule has 0 aliphatic carbocycles. The van der Waals surface area contributed by atoms with Gasteiger partial charge in [-0.2, -0.15) is 4.57 Å². The molecule has 1 heterocycles. The van der Waals surface area contributed by atoms with Crippen LogP contribution in [0.15, 0.2) is 48.9 Å². The van der Waals surface area contributed by atoms with Gasteiger partial charge < -0.3 is 4.74 Å². The lowest BCUT2D eigenvalue weighted by atomic mass is 10.2. The van der Waals surface area contributed by atoms with E-state index in [0.717, 1.165) is 5.56 Å². The fourth-order valence-electron chi connectivity index (χ4n) is 1.62. The molecule has 0 spiro atoms. The summed E-state index contributed by atoms with van der Waals surface area (Å²) >= 11 is 0. The molecule has 20 heavy (non-hydrogen) atoms. The number of nitro groups is 1. The number of carbonyl (C=O) groups excluding carboxylic acids is 1. The summed E-state index contributed by atoms with van der Waals surface area (Å²) in [4.78, 5) is 24.8. The van der Waals surface area contributed by atoms with Gasteiger partial charge in [-0.15, -0.1) is 0 Å². The summed E-state index contributed by atoms with van der Waals surface area (Å²) in [6.45, 7) is -0.299. The van der Waals surface area contributed by atoms with Crippen LogP contribution in [0.5, 0.6) is 0 Å². The molecule has 7 heteroatoms. The van der Waals surface area contributed by atoms with Crippen LogP contribution in [0.4, 0.5) is 0 Å². The molecule has 0 radical (unpaired) electrons. The van der Waals surface area contributed by atoms with Gasteiger partial charge in [0.05, 0.1) is 11.1 Å². The minimum absolute atomic E-state index is 0.0327. The average Bonchev–Trinajstić information content (AvgIpc) is 2.46. The van der Waals surface area contributed by atoms with Crippen molar-refractivity contribution < 1.29 is 19.0 Å². The third-order valence-corrected chi connectivity index (χ3v) is 2.48. The number of benzene rings is 1. The number of nitrogens with zero attached hydrogens (tertiary/aromatic N) is 3. The van der Waals surface area contributed by atoms with E-state index in [1.807, 2.05) is 30.3 Å². The van der Waals surface area contributed by atoms with E-state index in [4.69, 9.17) is 0 Å². The number of hydrogen-bond donors (Lipinski definition) is 0. The number of ether oxygens (including phenoxy) is 1. The molecule has 1 aromatic carbocycles. The molecule has 7 nitrogen and oxygen atoms in total. The van der Waals surface area contributed by atoms with Crippen molar-refractivity contribution in [1.82, 2.24) is 4.98 Å². The smallest absolute Gasteiger partial charge is 0.368 e. The van der Waals surface area contributed by atoms with Crippen molar-refractivity contribution in [1.29, 1.82) is 0 Å². The van der Waals surface area contributed by atoms with Crippen LogP contribution in [0.2, 0.25) is 0 Å². The zero-order chi connectivity index (χ0) is 14.4. The highest BCUT2D eigenvalue weighted by atomic mass is 16.7. The van der Waals surface area contributed by atoms with Crippen LogP contribution in [-0.4, -0.2) is 22.6 Å². The molecular weight excluding hydrogens is 262 g/mol. The minimum atomic E-state index is -0.867. The highest BCUT2D eigenvalue weighted by Crippen LogP contribution is 1.99. The first-order valence-corrected chi connectivity index (χ1v) is 5.83. The monoisotopic (exact) mass is 274 g/mol. The standard InChI is InChI=1S/C13H12N3O4/c17-13(20-10-16(18)19)12-9-15(7-6-14-12)8-11-4-2-1-3-5-11/h1-7,9H,8,10H2/q+1. The summed E-state index contributed by atoms with van der Waals surface area (Å²) in [6.07, 6.45) is 4.65. The molecule has 0 aliphatic rings. The Labute approximate surface area is 114 Å². The van der Waals surface area contributed by atoms with Crippen molar-refractivity contribution in [2.45, 2.75) is 6.54 Å². The van der Waals surface area contributed by atoms with Crippen molar-refractivity contribution >= 4 is 5.97 Å². The Morgan fingerprint density at radius 1 is 1.35 bits per heavy atom. The van der Waals surface area contributed by atoms with E-state index in [2.05, 4.69) is 9.72 Å². The van der Waals surface area contributed by atoms with Crippen LogP contribution in [0.3, 0.4) is 0 Å². The predicted octanol–water partition coefficient (Wildman–Crippen LogP) is 0.808. The van der Waals surface area contributed by atoms with E-state index in [-0.39, 0.29) is 5.69 Å². The largest absolute Gasteiger partial charge is 0.395 e. The first-order valence-electron chi connectivity index (χ1n) is 5.83. The average molecular weight is 274 g/mol. The maximum absolute atomic E-state index is 11.6. The number of rotatable bonds is 5. The predicted molar refractivity (Wildman–Crippen MR) is 67.3 cm³/mol. The van der Waals surface area contributed by atoms with Crippen molar-refractivity contribution in [2.75, 3.05) is 6.73 Å². The molecule has 0 atom stereocenters. The summed E-state index contributed by atoms with van der Waals surface area (Å²) in [7, 11) is 0. The summed E-state index contributed by atoms with van der Waals surface area (Å²) in [5.74, 6) is -0.816. The Bertz CT molecular complexity index is 616. The van der Waals surface area contributed by atoms with Gasteiger partial charge in [0.2, 0.25) is 11.9 Å². The van der Waals surface area contributed by atoms with E-state index in [9.17, 15) is 14.9 Å². The molecule has 1 aromatic heterocycles. The fraction of sp³-hybridized carbons (Fsp3) is 0.154. The first kappa shape index (κ1) is 13.6. The Morgan fingerprint density at radius 2 is 2.10 bits per heavy atom. The third kappa shape index (κ3) is 3.84. The molecular formula is C13H12N3O4+. The zero-order valence-electron chi connectivity index (χ0n) is 10.5. The molecule has 0 saturated heterocycles. The lowest BCUT2D eigenvalue weighted by Crippen LogP contribution is -2.35. The van der Waals surface area contributed by atoms with Crippen LogP contribution in [0.1, 0.15) is 16.1 Å². The lowest BCUT2D eigenvalue weighted by Gasteiger charge is -2.00. The number of carbonyl (C=O) groups is 1. The molecule has 0 aliphatic heterocycles. The van der Waals surface area contributed by atoms with Gasteiger partial charge in [0.15, 0.2) is 12.7 Å². The molecule has 0 unspecified atom stereocenters. The second kappa shape index (κ2) is 6.37. The summed E-state index contributed by atoms with van der Waals surface area (Å²) in [6, 6.07) is 9.67. The Hall–Kier alpha value is -2.83. The Balaban J connectivity index is 2.08. The first-order chi connectivity index (χ1) is 9.65. The van der Waals surface area contributed by atoms with E-state index in [1.165, 1.54) is 12.4 Å². The normalized spacial score (nSPS) is 10.0. The van der Waals surface area contributed by atoms with Crippen LogP contribution in [0.25, 0.3) is 0 Å². The van der Waals surface area contributed by atoms with Gasteiger partial charge >= 0.3 is 12.7 Å². The number of esters is 1. The molecule has 102 valence electrons. The van der Waals surface area contributed by atoms with Crippen molar-refractivity contribution in [3.63, 3.8) is 0 Å². The van der Waals surface area contributed by atoms with Gasteiger partial charge in [0, 0.05) is 5.56 Å². The summed E-state index contributed by atoms with van der Waals surface area (Å²) in [5, 5.41) is 10.1. The van der Waals surface area contributed by atoms with E-state index >= 15 is 0 Å². The van der Waals surface area contributed by atoms with E-state index in [1.54, 1.807) is 10.8 Å². The molecule has 0 amide bonds. The van der Waals surface area contributed by atoms with Crippen LogP contribution in [0, 0.1) is 10.1 Å². The molecule has 0 bridgehead atoms. The second-order valence-corrected chi connectivity index (χ2v) is 3.99. The summed E-state index contributed by atoms with van der Waals surface area (Å²) in [5.41, 5.74) is 1.10. The molecule has 0 fully saturated rings. The van der Waals surface area contributed by atoms with Gasteiger partial charge in [0.1, 0.15) is 0 Å². The van der Waals surface area contributed by atoms with Crippen LogP contribution >= 0.6 is 0 Å². The van der Waals surface area contributed by atoms with Gasteiger partial charge in [-0.05, 0) is 0 Å². The molecule has 2 aromatic rings. The van der Waals surface area contributed by atoms with Gasteiger partial charge in [0.25, 0.3) is 0 Å². The van der Waals surface area contributed by atoms with Crippen molar-refractivity contribution in [2.24, 2.45) is 0 Å². The zero-order valence-corrected chi connectivity index (χ0v) is 10.5. The second-order valence-electron chi connectivity index (χ2n) is 3.99. The maximum Gasteiger partial charge on any atom is 0.368 e. The number of hydrogen-bond acceptors (Lipinski definition) is 5. The lowest BCUT2D eigenvalue weighted by molar-refractivity contribution is -0.689. The van der Waals surface area contributed by atoms with Crippen LogP contribution < -0.4 is 4.57 Å². The number of aromatic nitrogens is 2. The van der Waals surface area contributed by atoms with Crippen LogP contribution in [-0.2, 0) is 11.3 Å². The van der Waals surface area contributed by atoms with Gasteiger partial charge in [-0.1, -0.05) is 30.3 Å². The molecule has 2 rings (SSSR count). The van der Waals surface area contributed by atoms with E-state index < -0.39 is 17.6 Å². The Kier molecular flexibility index (Phi) is 4.33. The van der Waals surface area contributed by atoms with Crippen molar-refractivity contribution in [3.05, 3.63) is 70.3 Å². The Morgan fingerprint density at radius 3 is 2.80 bits per heavy atom. The fourth-order valence-corrected chi connectivity index (χ4v) is 1.62. The summed E-state index contributed by atoms with van der Waals surface area (Å²) < 4.78 is 6.24. The van der Waals surface area contributed by atoms with E-state index in [0.29, 0.717) is 6.54 Å². The van der Waals surface area contributed by atoms with Gasteiger partial charge in [-0.3, -0.25) is 10.1 Å². The third-order valence-electron chi connectivity index (χ3n) is 2.48. The van der Waals surface area contributed by atoms with Gasteiger partial charge in [-0.25, -0.2) is 9.78 Å².